The standard InChI is InChI=1S/C13H19NO3/c1-3-8-13(2,12(15)16)17-10-7-11-6-4-5-9-14-11/h4-6,9H,3,7-8,10H2,1-2H3,(H,15,16). The van der Waals surface area contributed by atoms with Crippen LogP contribution in [0.5, 0.6) is 0 Å². The quantitative estimate of drug-likeness (QED) is 0.790. The molecular weight excluding hydrogens is 218 g/mol. The maximum absolute atomic E-state index is 11.1. The van der Waals surface area contributed by atoms with Crippen molar-refractivity contribution in [2.24, 2.45) is 0 Å². The zero-order valence-electron chi connectivity index (χ0n) is 10.3. The van der Waals surface area contributed by atoms with Crippen LogP contribution in [0.4, 0.5) is 0 Å². The molecule has 1 N–H and O–H groups in total. The number of rotatable bonds is 7. The topological polar surface area (TPSA) is 59.4 Å². The van der Waals surface area contributed by atoms with Crippen LogP contribution in [0.2, 0.25) is 0 Å². The molecule has 1 heterocycles. The Balaban J connectivity index is 2.45. The van der Waals surface area contributed by atoms with Gasteiger partial charge in [-0.25, -0.2) is 4.79 Å². The minimum atomic E-state index is -1.08. The Bertz CT molecular complexity index is 353. The van der Waals surface area contributed by atoms with Gasteiger partial charge in [0, 0.05) is 18.3 Å². The van der Waals surface area contributed by atoms with E-state index in [0.29, 0.717) is 19.4 Å². The fraction of sp³-hybridized carbons (Fsp3) is 0.538. The normalized spacial score (nSPS) is 14.2. The van der Waals surface area contributed by atoms with Crippen LogP contribution < -0.4 is 0 Å². The molecule has 1 aromatic heterocycles. The van der Waals surface area contributed by atoms with Crippen LogP contribution in [0, 0.1) is 0 Å². The molecule has 0 amide bonds. The van der Waals surface area contributed by atoms with E-state index in [4.69, 9.17) is 9.84 Å². The number of carboxylic acids is 1. The maximum Gasteiger partial charge on any atom is 0.335 e. The third-order valence-corrected chi connectivity index (χ3v) is 2.68. The SMILES string of the molecule is CCCC(C)(OCCc1ccccn1)C(=O)O. The number of aromatic nitrogens is 1. The summed E-state index contributed by atoms with van der Waals surface area (Å²) in [5, 5.41) is 9.12. The lowest BCUT2D eigenvalue weighted by Crippen LogP contribution is -2.38. The average molecular weight is 237 g/mol. The Morgan fingerprint density at radius 3 is 2.82 bits per heavy atom. The van der Waals surface area contributed by atoms with Gasteiger partial charge in [0.1, 0.15) is 0 Å². The summed E-state index contributed by atoms with van der Waals surface area (Å²) in [6.45, 7) is 3.94. The molecule has 1 unspecified atom stereocenters. The molecule has 4 heteroatoms. The highest BCUT2D eigenvalue weighted by Gasteiger charge is 2.32. The van der Waals surface area contributed by atoms with E-state index in [1.165, 1.54) is 0 Å². The molecule has 17 heavy (non-hydrogen) atoms. The number of aliphatic carboxylic acids is 1. The molecule has 0 aromatic carbocycles. The summed E-state index contributed by atoms with van der Waals surface area (Å²) in [6, 6.07) is 5.66. The predicted octanol–water partition coefficient (Wildman–Crippen LogP) is 2.28. The highest BCUT2D eigenvalue weighted by Crippen LogP contribution is 2.18. The first-order valence-corrected chi connectivity index (χ1v) is 5.86. The third-order valence-electron chi connectivity index (χ3n) is 2.68. The predicted molar refractivity (Wildman–Crippen MR) is 64.8 cm³/mol. The molecule has 0 aliphatic rings. The van der Waals surface area contributed by atoms with E-state index in [1.54, 1.807) is 13.1 Å². The number of hydrogen-bond donors (Lipinski definition) is 1. The number of carboxylic acid groups (broad SMARTS) is 1. The van der Waals surface area contributed by atoms with Crippen LogP contribution in [-0.2, 0) is 16.0 Å². The molecular formula is C13H19NO3. The Kier molecular flexibility index (Phi) is 5.10. The van der Waals surface area contributed by atoms with Crippen LogP contribution in [0.1, 0.15) is 32.4 Å². The van der Waals surface area contributed by atoms with Gasteiger partial charge in [-0.15, -0.1) is 0 Å². The largest absolute Gasteiger partial charge is 0.479 e. The Labute approximate surface area is 102 Å². The van der Waals surface area contributed by atoms with E-state index in [1.807, 2.05) is 25.1 Å². The van der Waals surface area contributed by atoms with E-state index >= 15 is 0 Å². The molecule has 1 atom stereocenters. The number of hydrogen-bond acceptors (Lipinski definition) is 3. The number of carbonyl (C=O) groups is 1. The van der Waals surface area contributed by atoms with Crippen molar-refractivity contribution >= 4 is 5.97 Å². The molecule has 1 rings (SSSR count). The molecule has 0 bridgehead atoms. The fourth-order valence-electron chi connectivity index (χ4n) is 1.64. The second kappa shape index (κ2) is 6.35. The summed E-state index contributed by atoms with van der Waals surface area (Å²) < 4.78 is 5.50. The summed E-state index contributed by atoms with van der Waals surface area (Å²) in [5.74, 6) is -0.902. The van der Waals surface area contributed by atoms with Gasteiger partial charge >= 0.3 is 5.97 Å². The first kappa shape index (κ1) is 13.6. The minimum absolute atomic E-state index is 0.375. The fourth-order valence-corrected chi connectivity index (χ4v) is 1.64. The molecule has 0 aliphatic carbocycles. The minimum Gasteiger partial charge on any atom is -0.479 e. The first-order chi connectivity index (χ1) is 8.08. The lowest BCUT2D eigenvalue weighted by atomic mass is 10.0. The summed E-state index contributed by atoms with van der Waals surface area (Å²) in [5.41, 5.74) is -0.166. The smallest absolute Gasteiger partial charge is 0.335 e. The van der Waals surface area contributed by atoms with E-state index in [9.17, 15) is 4.79 Å². The van der Waals surface area contributed by atoms with Crippen molar-refractivity contribution in [3.05, 3.63) is 30.1 Å². The van der Waals surface area contributed by atoms with Crippen LogP contribution >= 0.6 is 0 Å². The van der Waals surface area contributed by atoms with E-state index in [2.05, 4.69) is 4.98 Å². The molecule has 94 valence electrons. The number of nitrogens with zero attached hydrogens (tertiary/aromatic N) is 1. The summed E-state index contributed by atoms with van der Waals surface area (Å²) in [7, 11) is 0. The summed E-state index contributed by atoms with van der Waals surface area (Å²) in [4.78, 5) is 15.3. The van der Waals surface area contributed by atoms with Gasteiger partial charge in [0.15, 0.2) is 5.60 Å². The Morgan fingerprint density at radius 1 is 1.53 bits per heavy atom. The van der Waals surface area contributed by atoms with Crippen molar-refractivity contribution in [3.8, 4) is 0 Å². The zero-order valence-corrected chi connectivity index (χ0v) is 10.3. The molecule has 0 aliphatic heterocycles. The van der Waals surface area contributed by atoms with Crippen LogP contribution in [0.25, 0.3) is 0 Å². The molecule has 0 spiro atoms. The van der Waals surface area contributed by atoms with E-state index < -0.39 is 11.6 Å². The van der Waals surface area contributed by atoms with Gasteiger partial charge in [0.25, 0.3) is 0 Å². The van der Waals surface area contributed by atoms with Crippen LogP contribution in [0.15, 0.2) is 24.4 Å². The molecule has 0 fully saturated rings. The number of pyridine rings is 1. The van der Waals surface area contributed by atoms with Gasteiger partial charge < -0.3 is 9.84 Å². The highest BCUT2D eigenvalue weighted by atomic mass is 16.5. The summed E-state index contributed by atoms with van der Waals surface area (Å²) in [6.07, 6.45) is 3.65. The lowest BCUT2D eigenvalue weighted by Gasteiger charge is -2.24. The molecule has 0 radical (unpaired) electrons. The van der Waals surface area contributed by atoms with Crippen molar-refractivity contribution in [2.45, 2.75) is 38.7 Å². The van der Waals surface area contributed by atoms with Crippen molar-refractivity contribution < 1.29 is 14.6 Å². The van der Waals surface area contributed by atoms with Gasteiger partial charge in [0.05, 0.1) is 6.61 Å². The van der Waals surface area contributed by atoms with Crippen molar-refractivity contribution in [1.29, 1.82) is 0 Å². The van der Waals surface area contributed by atoms with Gasteiger partial charge in [-0.1, -0.05) is 19.4 Å². The van der Waals surface area contributed by atoms with Crippen molar-refractivity contribution in [2.75, 3.05) is 6.61 Å². The van der Waals surface area contributed by atoms with Gasteiger partial charge in [-0.2, -0.15) is 0 Å². The van der Waals surface area contributed by atoms with Crippen LogP contribution in [-0.4, -0.2) is 28.3 Å². The molecule has 0 saturated carbocycles. The average Bonchev–Trinajstić information content (AvgIpc) is 2.30. The number of ether oxygens (including phenoxy) is 1. The zero-order chi connectivity index (χ0) is 12.7. The lowest BCUT2D eigenvalue weighted by molar-refractivity contribution is -0.164. The van der Waals surface area contributed by atoms with E-state index in [0.717, 1.165) is 12.1 Å². The Hall–Kier alpha value is -1.42. The monoisotopic (exact) mass is 237 g/mol. The van der Waals surface area contributed by atoms with Crippen LogP contribution in [0.3, 0.4) is 0 Å². The second-order valence-electron chi connectivity index (χ2n) is 4.21. The summed E-state index contributed by atoms with van der Waals surface area (Å²) >= 11 is 0. The van der Waals surface area contributed by atoms with Crippen molar-refractivity contribution in [1.82, 2.24) is 4.98 Å². The third kappa shape index (κ3) is 4.15. The maximum atomic E-state index is 11.1. The molecule has 0 saturated heterocycles. The second-order valence-corrected chi connectivity index (χ2v) is 4.21. The Morgan fingerprint density at radius 2 is 2.29 bits per heavy atom. The van der Waals surface area contributed by atoms with E-state index in [-0.39, 0.29) is 0 Å². The van der Waals surface area contributed by atoms with Gasteiger partial charge in [0.2, 0.25) is 0 Å². The highest BCUT2D eigenvalue weighted by molar-refractivity contribution is 5.76. The van der Waals surface area contributed by atoms with Crippen molar-refractivity contribution in [3.63, 3.8) is 0 Å². The molecule has 1 aromatic rings. The van der Waals surface area contributed by atoms with Gasteiger partial charge in [-0.05, 0) is 25.5 Å². The molecule has 4 nitrogen and oxygen atoms in total. The van der Waals surface area contributed by atoms with Gasteiger partial charge in [-0.3, -0.25) is 4.98 Å². The first-order valence-electron chi connectivity index (χ1n) is 5.86.